The molecule has 0 aromatic heterocycles. The number of nitrogens with zero attached hydrogens (tertiary/aromatic N) is 1. The van der Waals surface area contributed by atoms with E-state index in [1.807, 2.05) is 0 Å². The van der Waals surface area contributed by atoms with Crippen LogP contribution in [0.15, 0.2) is 60.7 Å². The van der Waals surface area contributed by atoms with Crippen LogP contribution in [0.2, 0.25) is 5.02 Å². The number of amides is 2. The molecular weight excluding hydrogens is 402 g/mol. The minimum Gasteiger partial charge on any atom is -0.421 e. The molecule has 2 amide bonds. The van der Waals surface area contributed by atoms with Gasteiger partial charge in [-0.2, -0.15) is 0 Å². The van der Waals surface area contributed by atoms with Crippen molar-refractivity contribution in [1.82, 2.24) is 0 Å². The van der Waals surface area contributed by atoms with Crippen molar-refractivity contribution in [2.75, 3.05) is 4.90 Å². The molecule has 0 radical (unpaired) electrons. The van der Waals surface area contributed by atoms with E-state index in [1.165, 1.54) is 4.90 Å². The highest BCUT2D eigenvalue weighted by Gasteiger charge is 2.67. The summed E-state index contributed by atoms with van der Waals surface area (Å²) in [5.41, 5.74) is 0.541. The normalized spacial score (nSPS) is 32.8. The molecule has 3 fully saturated rings. The number of rotatable bonds is 3. The summed E-state index contributed by atoms with van der Waals surface area (Å²) in [5.74, 6) is -0.0779. The molecule has 4 aliphatic carbocycles. The van der Waals surface area contributed by atoms with Crippen molar-refractivity contribution in [2.45, 2.75) is 6.42 Å². The third-order valence-electron chi connectivity index (χ3n) is 7.07. The van der Waals surface area contributed by atoms with Crippen molar-refractivity contribution in [2.24, 2.45) is 35.5 Å². The maximum absolute atomic E-state index is 13.4. The predicted molar refractivity (Wildman–Crippen MR) is 110 cm³/mol. The minimum atomic E-state index is -0.632. The van der Waals surface area contributed by atoms with Crippen molar-refractivity contribution in [3.8, 4) is 5.75 Å². The van der Waals surface area contributed by atoms with Crippen LogP contribution in [0.3, 0.4) is 0 Å². The fraction of sp³-hybridized carbons (Fsp3) is 0.292. The van der Waals surface area contributed by atoms with E-state index in [9.17, 15) is 14.4 Å². The Bertz CT molecular complexity index is 1110. The SMILES string of the molecule is O=C(Oc1ccccc1N1C(=O)[C@@H]2[C@H]3C=C[C@H]([C@H]4C[C@H]34)[C@@H]2C1=O)c1ccccc1Cl. The van der Waals surface area contributed by atoms with Crippen LogP contribution < -0.4 is 9.64 Å². The Morgan fingerprint density at radius 2 is 1.50 bits per heavy atom. The van der Waals surface area contributed by atoms with Crippen LogP contribution in [0, 0.1) is 35.5 Å². The first-order chi connectivity index (χ1) is 14.6. The van der Waals surface area contributed by atoms with Gasteiger partial charge in [-0.3, -0.25) is 9.59 Å². The zero-order valence-corrected chi connectivity index (χ0v) is 16.7. The van der Waals surface area contributed by atoms with Gasteiger partial charge in [-0.1, -0.05) is 48.0 Å². The molecule has 0 spiro atoms. The van der Waals surface area contributed by atoms with Gasteiger partial charge in [0.2, 0.25) is 11.8 Å². The van der Waals surface area contributed by atoms with E-state index in [2.05, 4.69) is 12.2 Å². The Balaban J connectivity index is 1.35. The van der Waals surface area contributed by atoms with Gasteiger partial charge in [0, 0.05) is 0 Å². The Morgan fingerprint density at radius 1 is 0.900 bits per heavy atom. The second-order valence-corrected chi connectivity index (χ2v) is 8.91. The molecule has 2 aromatic rings. The highest BCUT2D eigenvalue weighted by molar-refractivity contribution is 6.33. The lowest BCUT2D eigenvalue weighted by atomic mass is 9.63. The number of benzene rings is 2. The Labute approximate surface area is 178 Å². The van der Waals surface area contributed by atoms with Crippen LogP contribution in [0.25, 0.3) is 0 Å². The molecule has 6 heteroatoms. The van der Waals surface area contributed by atoms with Crippen LogP contribution in [0.4, 0.5) is 5.69 Å². The molecule has 2 bridgehead atoms. The van der Waals surface area contributed by atoms with Crippen molar-refractivity contribution in [3.63, 3.8) is 0 Å². The van der Waals surface area contributed by atoms with Gasteiger partial charge in [-0.15, -0.1) is 0 Å². The van der Waals surface area contributed by atoms with Gasteiger partial charge in [-0.25, -0.2) is 9.69 Å². The minimum absolute atomic E-state index is 0.143. The van der Waals surface area contributed by atoms with E-state index in [-0.39, 0.29) is 51.8 Å². The van der Waals surface area contributed by atoms with Crippen LogP contribution >= 0.6 is 11.6 Å². The lowest BCUT2D eigenvalue weighted by Gasteiger charge is -2.37. The van der Waals surface area contributed by atoms with Gasteiger partial charge in [-0.05, 0) is 54.4 Å². The quantitative estimate of drug-likeness (QED) is 0.325. The van der Waals surface area contributed by atoms with Gasteiger partial charge < -0.3 is 4.74 Å². The Hall–Kier alpha value is -2.92. The highest BCUT2D eigenvalue weighted by atomic mass is 35.5. The zero-order chi connectivity index (χ0) is 20.6. The van der Waals surface area contributed by atoms with Gasteiger partial charge in [0.15, 0.2) is 5.75 Å². The number of halogens is 1. The summed E-state index contributed by atoms with van der Waals surface area (Å²) in [6.07, 6.45) is 5.39. The third kappa shape index (κ3) is 2.39. The molecule has 5 nitrogen and oxygen atoms in total. The molecule has 150 valence electrons. The molecule has 0 unspecified atom stereocenters. The molecule has 0 N–H and O–H groups in total. The largest absolute Gasteiger partial charge is 0.421 e. The first kappa shape index (κ1) is 17.9. The molecule has 5 aliphatic rings. The number of hydrogen-bond acceptors (Lipinski definition) is 4. The number of para-hydroxylation sites is 2. The summed E-state index contributed by atoms with van der Waals surface area (Å²) in [5, 5.41) is 0.279. The number of carbonyl (C=O) groups is 3. The molecule has 1 saturated heterocycles. The van der Waals surface area contributed by atoms with Crippen molar-refractivity contribution in [3.05, 3.63) is 71.3 Å². The van der Waals surface area contributed by atoms with E-state index in [4.69, 9.17) is 16.3 Å². The average Bonchev–Trinajstić information content (AvgIpc) is 3.53. The van der Waals surface area contributed by atoms with Crippen molar-refractivity contribution >= 4 is 35.1 Å². The number of carbonyl (C=O) groups excluding carboxylic acids is 3. The molecule has 7 rings (SSSR count). The van der Waals surface area contributed by atoms with Crippen molar-refractivity contribution in [1.29, 1.82) is 0 Å². The first-order valence-electron chi connectivity index (χ1n) is 10.2. The Kier molecular flexibility index (Phi) is 3.75. The molecular formula is C24H18ClNO4. The number of esters is 1. The molecule has 2 saturated carbocycles. The molecule has 6 atom stereocenters. The van der Waals surface area contributed by atoms with E-state index < -0.39 is 5.97 Å². The highest BCUT2D eigenvalue weighted by Crippen LogP contribution is 2.65. The monoisotopic (exact) mass is 419 g/mol. The van der Waals surface area contributed by atoms with E-state index in [1.54, 1.807) is 48.5 Å². The number of allylic oxidation sites excluding steroid dienone is 2. The maximum atomic E-state index is 13.4. The molecule has 2 aromatic carbocycles. The third-order valence-corrected chi connectivity index (χ3v) is 7.39. The van der Waals surface area contributed by atoms with E-state index >= 15 is 0 Å². The van der Waals surface area contributed by atoms with E-state index in [0.717, 1.165) is 6.42 Å². The molecule has 30 heavy (non-hydrogen) atoms. The van der Waals surface area contributed by atoms with Gasteiger partial charge in [0.25, 0.3) is 0 Å². The summed E-state index contributed by atoms with van der Waals surface area (Å²) in [7, 11) is 0. The average molecular weight is 420 g/mol. The predicted octanol–water partition coefficient (Wildman–Crippen LogP) is 4.12. The summed E-state index contributed by atoms with van der Waals surface area (Å²) in [4.78, 5) is 40.7. The van der Waals surface area contributed by atoms with E-state index in [0.29, 0.717) is 17.5 Å². The number of hydrogen-bond donors (Lipinski definition) is 0. The summed E-state index contributed by atoms with van der Waals surface area (Å²) >= 11 is 6.11. The zero-order valence-electron chi connectivity index (χ0n) is 15.9. The lowest BCUT2D eigenvalue weighted by Crippen LogP contribution is -2.40. The van der Waals surface area contributed by atoms with Crippen molar-refractivity contribution < 1.29 is 19.1 Å². The van der Waals surface area contributed by atoms with Gasteiger partial charge >= 0.3 is 5.97 Å². The van der Waals surface area contributed by atoms with Gasteiger partial charge in [0.1, 0.15) is 0 Å². The Morgan fingerprint density at radius 3 is 2.17 bits per heavy atom. The summed E-state index contributed by atoms with van der Waals surface area (Å²) in [6.45, 7) is 0. The number of imide groups is 1. The van der Waals surface area contributed by atoms with Crippen LogP contribution in [-0.4, -0.2) is 17.8 Å². The van der Waals surface area contributed by atoms with Crippen LogP contribution in [0.1, 0.15) is 16.8 Å². The molecule has 1 aliphatic heterocycles. The van der Waals surface area contributed by atoms with Crippen LogP contribution in [0.5, 0.6) is 5.75 Å². The smallest absolute Gasteiger partial charge is 0.345 e. The lowest BCUT2D eigenvalue weighted by molar-refractivity contribution is -0.124. The summed E-state index contributed by atoms with van der Waals surface area (Å²) in [6, 6.07) is 13.3. The fourth-order valence-electron chi connectivity index (χ4n) is 5.70. The maximum Gasteiger partial charge on any atom is 0.345 e. The fourth-order valence-corrected chi connectivity index (χ4v) is 5.92. The number of anilines is 1. The first-order valence-corrected chi connectivity index (χ1v) is 10.6. The van der Waals surface area contributed by atoms with Crippen LogP contribution in [-0.2, 0) is 9.59 Å². The molecule has 1 heterocycles. The second kappa shape index (κ2) is 6.29. The van der Waals surface area contributed by atoms with Gasteiger partial charge in [0.05, 0.1) is 28.1 Å². The standard InChI is InChI=1S/C24H18ClNO4/c25-17-6-2-1-5-14(17)24(29)30-19-8-4-3-7-18(19)26-22(27)20-12-9-10-13(16-11-15(12)16)21(20)23(26)28/h1-10,12-13,15-16,20-21H,11H2/t12-,13+,15-,16-,20+,21-/m1/s1. The topological polar surface area (TPSA) is 63.7 Å². The number of ether oxygens (including phenoxy) is 1. The summed E-state index contributed by atoms with van der Waals surface area (Å²) < 4.78 is 5.59. The second-order valence-electron chi connectivity index (χ2n) is 8.50.